The first kappa shape index (κ1) is 22.7. The van der Waals surface area contributed by atoms with Crippen molar-refractivity contribution in [1.82, 2.24) is 0 Å². The van der Waals surface area contributed by atoms with Gasteiger partial charge in [0.2, 0.25) is 11.7 Å². The lowest BCUT2D eigenvalue weighted by molar-refractivity contribution is -0.384. The number of anilines is 1. The maximum absolute atomic E-state index is 12.6. The molecule has 10 heteroatoms. The van der Waals surface area contributed by atoms with Gasteiger partial charge in [0, 0.05) is 24.6 Å². The topological polar surface area (TPSA) is 125 Å². The Morgan fingerprint density at radius 2 is 1.81 bits per heavy atom. The fourth-order valence-electron chi connectivity index (χ4n) is 3.42. The number of esters is 1. The number of benzene rings is 2. The van der Waals surface area contributed by atoms with Gasteiger partial charge in [-0.3, -0.25) is 24.5 Å². The average Bonchev–Trinajstić information content (AvgIpc) is 3.19. The van der Waals surface area contributed by atoms with E-state index < -0.39 is 22.9 Å². The molecule has 0 bridgehead atoms. The predicted octanol–water partition coefficient (Wildman–Crippen LogP) is 2.78. The number of methoxy groups -OCH3 is 2. The van der Waals surface area contributed by atoms with Crippen LogP contribution in [0, 0.1) is 16.0 Å². The van der Waals surface area contributed by atoms with Gasteiger partial charge in [-0.1, -0.05) is 0 Å². The van der Waals surface area contributed by atoms with E-state index in [2.05, 4.69) is 0 Å². The summed E-state index contributed by atoms with van der Waals surface area (Å²) in [5.41, 5.74) is 0.505. The first-order valence-electron chi connectivity index (χ1n) is 9.76. The smallest absolute Gasteiger partial charge is 0.312 e. The maximum Gasteiger partial charge on any atom is 0.312 e. The highest BCUT2D eigenvalue weighted by Gasteiger charge is 2.38. The monoisotopic (exact) mass is 442 g/mol. The van der Waals surface area contributed by atoms with Crippen molar-refractivity contribution in [1.29, 1.82) is 0 Å². The highest BCUT2D eigenvalue weighted by Crippen LogP contribution is 2.36. The molecule has 0 aromatic heterocycles. The molecular formula is C22H22N2O8. The van der Waals surface area contributed by atoms with Gasteiger partial charge in [-0.05, 0) is 37.3 Å². The summed E-state index contributed by atoms with van der Waals surface area (Å²) in [6.45, 7) is 1.48. The molecule has 1 amide bonds. The molecule has 1 aliphatic rings. The number of Topliss-reactive ketones (excluding diaryl/α,β-unsaturated/α-hetero) is 1. The predicted molar refractivity (Wildman–Crippen MR) is 113 cm³/mol. The minimum Gasteiger partial charge on any atom is -0.497 e. The van der Waals surface area contributed by atoms with Crippen LogP contribution in [0.2, 0.25) is 0 Å². The second-order valence-electron chi connectivity index (χ2n) is 7.19. The maximum atomic E-state index is 12.6. The van der Waals surface area contributed by atoms with Crippen LogP contribution in [0.25, 0.3) is 0 Å². The Labute approximate surface area is 183 Å². The normalized spacial score (nSPS) is 16.4. The Morgan fingerprint density at radius 3 is 2.41 bits per heavy atom. The van der Waals surface area contributed by atoms with E-state index in [1.54, 1.807) is 24.3 Å². The molecule has 10 nitrogen and oxygen atoms in total. The van der Waals surface area contributed by atoms with Crippen LogP contribution in [0.1, 0.15) is 23.7 Å². The molecule has 0 aliphatic carbocycles. The van der Waals surface area contributed by atoms with E-state index in [1.165, 1.54) is 44.2 Å². The minimum atomic E-state index is -1.03. The lowest BCUT2D eigenvalue weighted by Crippen LogP contribution is -2.30. The summed E-state index contributed by atoms with van der Waals surface area (Å²) in [6, 6.07) is 10.3. The second kappa shape index (κ2) is 9.46. The zero-order valence-electron chi connectivity index (χ0n) is 17.8. The molecule has 0 unspecified atom stereocenters. The van der Waals surface area contributed by atoms with E-state index >= 15 is 0 Å². The molecule has 32 heavy (non-hydrogen) atoms. The zero-order chi connectivity index (χ0) is 23.4. The minimum absolute atomic E-state index is 0.00921. The summed E-state index contributed by atoms with van der Waals surface area (Å²) >= 11 is 0. The van der Waals surface area contributed by atoms with E-state index in [0.29, 0.717) is 17.0 Å². The lowest BCUT2D eigenvalue weighted by Gasteiger charge is -2.19. The first-order valence-corrected chi connectivity index (χ1v) is 9.76. The third kappa shape index (κ3) is 4.69. The first-order chi connectivity index (χ1) is 15.2. The van der Waals surface area contributed by atoms with Crippen molar-refractivity contribution < 1.29 is 33.5 Å². The van der Waals surface area contributed by atoms with Gasteiger partial charge in [0.25, 0.3) is 5.69 Å². The second-order valence-corrected chi connectivity index (χ2v) is 7.19. The van der Waals surface area contributed by atoms with Crippen LogP contribution in [-0.4, -0.2) is 49.5 Å². The molecule has 1 saturated heterocycles. The highest BCUT2D eigenvalue weighted by atomic mass is 16.6. The van der Waals surface area contributed by atoms with Gasteiger partial charge in [0.1, 0.15) is 11.5 Å². The van der Waals surface area contributed by atoms with Gasteiger partial charge in [0.05, 0.1) is 36.8 Å². The summed E-state index contributed by atoms with van der Waals surface area (Å²) < 4.78 is 15.6. The molecule has 2 atom stereocenters. The van der Waals surface area contributed by atoms with Crippen LogP contribution in [-0.2, 0) is 14.3 Å². The van der Waals surface area contributed by atoms with Crippen LogP contribution in [0.15, 0.2) is 42.5 Å². The molecule has 3 rings (SSSR count). The van der Waals surface area contributed by atoms with Gasteiger partial charge >= 0.3 is 5.97 Å². The molecule has 0 radical (unpaired) electrons. The standard InChI is InChI=1S/C22H22N2O8/c1-13(21(26)14-4-7-17(30-2)8-5-14)32-22(27)15-10-20(25)23(12-15)18-9-6-16(24(28)29)11-19(18)31-3/h4-9,11,13,15H,10,12H2,1-3H3/t13-,15-/m1/s1. The number of nitro benzene ring substituents is 1. The van der Waals surface area contributed by atoms with Gasteiger partial charge in [-0.2, -0.15) is 0 Å². The van der Waals surface area contributed by atoms with Crippen LogP contribution in [0.3, 0.4) is 0 Å². The highest BCUT2D eigenvalue weighted by molar-refractivity contribution is 6.02. The Balaban J connectivity index is 1.68. The molecule has 0 N–H and O–H groups in total. The number of hydrogen-bond acceptors (Lipinski definition) is 8. The van der Waals surface area contributed by atoms with Crippen LogP contribution < -0.4 is 14.4 Å². The Kier molecular flexibility index (Phi) is 6.72. The van der Waals surface area contributed by atoms with Gasteiger partial charge < -0.3 is 19.1 Å². The van der Waals surface area contributed by atoms with Crippen LogP contribution in [0.4, 0.5) is 11.4 Å². The summed E-state index contributed by atoms with van der Waals surface area (Å²) in [6.07, 6.45) is -1.14. The SMILES string of the molecule is COc1ccc(C(=O)[C@@H](C)OC(=O)[C@@H]2CC(=O)N(c3ccc([N+](=O)[O-])cc3OC)C2)cc1. The Bertz CT molecular complexity index is 1050. The largest absolute Gasteiger partial charge is 0.497 e. The average molecular weight is 442 g/mol. The number of carbonyl (C=O) groups excluding carboxylic acids is 3. The van der Waals surface area contributed by atoms with E-state index in [4.69, 9.17) is 14.2 Å². The Hall–Kier alpha value is -3.95. The number of rotatable bonds is 8. The van der Waals surface area contributed by atoms with E-state index in [1.807, 2.05) is 0 Å². The van der Waals surface area contributed by atoms with Crippen molar-refractivity contribution in [2.24, 2.45) is 5.92 Å². The number of ketones is 1. The van der Waals surface area contributed by atoms with Crippen molar-refractivity contribution in [2.45, 2.75) is 19.4 Å². The number of non-ortho nitro benzene ring substituents is 1. The molecule has 1 heterocycles. The quantitative estimate of drug-likeness (QED) is 0.264. The van der Waals surface area contributed by atoms with E-state index in [-0.39, 0.29) is 36.1 Å². The number of ether oxygens (including phenoxy) is 3. The Morgan fingerprint density at radius 1 is 1.12 bits per heavy atom. The van der Waals surface area contributed by atoms with Crippen LogP contribution >= 0.6 is 0 Å². The molecule has 0 spiro atoms. The van der Waals surface area contributed by atoms with E-state index in [0.717, 1.165) is 0 Å². The van der Waals surface area contributed by atoms with Gasteiger partial charge in [0.15, 0.2) is 6.10 Å². The summed E-state index contributed by atoms with van der Waals surface area (Å²) in [5.74, 6) is -1.45. The fourth-order valence-corrected chi connectivity index (χ4v) is 3.42. The van der Waals surface area contributed by atoms with Crippen molar-refractivity contribution in [3.63, 3.8) is 0 Å². The molecule has 1 fully saturated rings. The van der Waals surface area contributed by atoms with Crippen molar-refractivity contribution in [3.05, 3.63) is 58.1 Å². The third-order valence-corrected chi connectivity index (χ3v) is 5.16. The molecule has 2 aromatic carbocycles. The van der Waals surface area contributed by atoms with Gasteiger partial charge in [-0.25, -0.2) is 0 Å². The lowest BCUT2D eigenvalue weighted by atomic mass is 10.1. The van der Waals surface area contributed by atoms with Crippen molar-refractivity contribution in [3.8, 4) is 11.5 Å². The third-order valence-electron chi connectivity index (χ3n) is 5.16. The summed E-state index contributed by atoms with van der Waals surface area (Å²) in [7, 11) is 2.85. The molecular weight excluding hydrogens is 420 g/mol. The number of nitrogens with zero attached hydrogens (tertiary/aromatic N) is 2. The number of carbonyl (C=O) groups is 3. The van der Waals surface area contributed by atoms with Crippen LogP contribution in [0.5, 0.6) is 11.5 Å². The zero-order valence-corrected chi connectivity index (χ0v) is 17.8. The van der Waals surface area contributed by atoms with Crippen molar-refractivity contribution >= 4 is 29.0 Å². The summed E-state index contributed by atoms with van der Waals surface area (Å²) in [5, 5.41) is 11.0. The molecule has 168 valence electrons. The van der Waals surface area contributed by atoms with Crippen molar-refractivity contribution in [2.75, 3.05) is 25.7 Å². The fraction of sp³-hybridized carbons (Fsp3) is 0.318. The molecule has 0 saturated carbocycles. The number of amides is 1. The number of nitro groups is 1. The summed E-state index contributed by atoms with van der Waals surface area (Å²) in [4.78, 5) is 49.4. The van der Waals surface area contributed by atoms with E-state index in [9.17, 15) is 24.5 Å². The van der Waals surface area contributed by atoms with Gasteiger partial charge in [-0.15, -0.1) is 0 Å². The molecule has 2 aromatic rings. The number of hydrogen-bond donors (Lipinski definition) is 0. The molecule has 1 aliphatic heterocycles.